The summed E-state index contributed by atoms with van der Waals surface area (Å²) >= 11 is 0. The molecule has 0 N–H and O–H groups in total. The van der Waals surface area contributed by atoms with Gasteiger partial charge < -0.3 is 14.0 Å². The fraction of sp³-hybridized carbons (Fsp3) is 0.333. The van der Waals surface area contributed by atoms with Crippen LogP contribution in [0.1, 0.15) is 42.9 Å². The molecule has 0 amide bonds. The van der Waals surface area contributed by atoms with Gasteiger partial charge in [0.1, 0.15) is 5.69 Å². The lowest BCUT2D eigenvalue weighted by atomic mass is 10.1. The molecule has 0 aliphatic heterocycles. The lowest BCUT2D eigenvalue weighted by Gasteiger charge is -2.23. The van der Waals surface area contributed by atoms with Crippen molar-refractivity contribution in [1.29, 1.82) is 0 Å². The van der Waals surface area contributed by atoms with Gasteiger partial charge in [0, 0.05) is 6.20 Å². The number of carbonyl (C=O) groups is 2. The highest BCUT2D eigenvalue weighted by molar-refractivity contribution is 5.91. The molecule has 0 spiro atoms. The molecule has 0 aliphatic carbocycles. The van der Waals surface area contributed by atoms with Gasteiger partial charge in [-0.05, 0) is 38.5 Å². The second kappa shape index (κ2) is 6.69. The predicted molar refractivity (Wildman–Crippen MR) is 86.2 cm³/mol. The Morgan fingerprint density at radius 2 is 1.74 bits per heavy atom. The molecule has 1 unspecified atom stereocenters. The third-order valence-electron chi connectivity index (χ3n) is 3.71. The largest absolute Gasteiger partial charge is 0.466 e. The normalized spacial score (nSPS) is 12.5. The van der Waals surface area contributed by atoms with Crippen LogP contribution in [0.3, 0.4) is 0 Å². The van der Waals surface area contributed by atoms with E-state index >= 15 is 0 Å². The average molecular weight is 315 g/mol. The maximum Gasteiger partial charge on any atom is 0.356 e. The van der Waals surface area contributed by atoms with Gasteiger partial charge in [-0.2, -0.15) is 0 Å². The van der Waals surface area contributed by atoms with Gasteiger partial charge in [-0.3, -0.25) is 0 Å². The molecule has 5 nitrogen and oxygen atoms in total. The monoisotopic (exact) mass is 315 g/mol. The van der Waals surface area contributed by atoms with Crippen molar-refractivity contribution in [1.82, 2.24) is 4.57 Å². The summed E-state index contributed by atoms with van der Waals surface area (Å²) in [6.45, 7) is 5.01. The van der Waals surface area contributed by atoms with Crippen LogP contribution < -0.4 is 0 Å². The van der Waals surface area contributed by atoms with Crippen LogP contribution in [0.2, 0.25) is 0 Å². The van der Waals surface area contributed by atoms with Crippen LogP contribution in [-0.4, -0.2) is 29.2 Å². The van der Waals surface area contributed by atoms with Gasteiger partial charge in [0.15, 0.2) is 0 Å². The summed E-state index contributed by atoms with van der Waals surface area (Å²) in [7, 11) is 1.26. The number of hydrogen-bond donors (Lipinski definition) is 0. The van der Waals surface area contributed by atoms with E-state index in [1.54, 1.807) is 12.1 Å². The quantitative estimate of drug-likeness (QED) is 0.795. The first kappa shape index (κ1) is 16.8. The molecular formula is C18H21NO4. The molecule has 0 radical (unpaired) electrons. The van der Waals surface area contributed by atoms with Gasteiger partial charge in [-0.25, -0.2) is 9.59 Å². The molecule has 23 heavy (non-hydrogen) atoms. The highest BCUT2D eigenvalue weighted by Crippen LogP contribution is 2.22. The summed E-state index contributed by atoms with van der Waals surface area (Å²) in [5.74, 6) is -1.16. The summed E-state index contributed by atoms with van der Waals surface area (Å²) in [5.41, 5.74) is 0.125. The average Bonchev–Trinajstić information content (AvgIpc) is 3.03. The smallest absolute Gasteiger partial charge is 0.356 e. The van der Waals surface area contributed by atoms with E-state index in [0.29, 0.717) is 5.69 Å². The van der Waals surface area contributed by atoms with Crippen LogP contribution in [0.25, 0.3) is 0 Å². The zero-order valence-electron chi connectivity index (χ0n) is 13.8. The maximum atomic E-state index is 12.4. The Morgan fingerprint density at radius 3 is 2.35 bits per heavy atom. The molecule has 5 heteroatoms. The SMILES string of the molecule is COC(=O)C(C)(C)OC(=O)c1cccn1C(C)c1ccccc1. The lowest BCUT2D eigenvalue weighted by Crippen LogP contribution is -2.38. The van der Waals surface area contributed by atoms with E-state index in [4.69, 9.17) is 4.74 Å². The van der Waals surface area contributed by atoms with Crippen molar-refractivity contribution in [3.05, 3.63) is 59.9 Å². The molecule has 1 atom stereocenters. The van der Waals surface area contributed by atoms with E-state index in [9.17, 15) is 9.59 Å². The maximum absolute atomic E-state index is 12.4. The van der Waals surface area contributed by atoms with E-state index < -0.39 is 17.5 Å². The summed E-state index contributed by atoms with van der Waals surface area (Å²) in [4.78, 5) is 24.1. The second-order valence-corrected chi connectivity index (χ2v) is 5.78. The van der Waals surface area contributed by atoms with Crippen molar-refractivity contribution in [2.24, 2.45) is 0 Å². The molecule has 0 fully saturated rings. The molecule has 1 aromatic carbocycles. The Balaban J connectivity index is 2.24. The highest BCUT2D eigenvalue weighted by Gasteiger charge is 2.34. The number of hydrogen-bond acceptors (Lipinski definition) is 4. The predicted octanol–water partition coefficient (Wildman–Crippen LogP) is 3.21. The third kappa shape index (κ3) is 3.62. The number of benzene rings is 1. The molecule has 0 aliphatic rings. The van der Waals surface area contributed by atoms with Gasteiger partial charge in [-0.15, -0.1) is 0 Å². The minimum atomic E-state index is -1.34. The van der Waals surface area contributed by atoms with Crippen LogP contribution >= 0.6 is 0 Å². The number of methoxy groups -OCH3 is 1. The number of ether oxygens (including phenoxy) is 2. The van der Waals surface area contributed by atoms with Gasteiger partial charge >= 0.3 is 11.9 Å². The first-order valence-corrected chi connectivity index (χ1v) is 7.40. The van der Waals surface area contributed by atoms with E-state index in [2.05, 4.69) is 4.74 Å². The summed E-state index contributed by atoms with van der Waals surface area (Å²) in [6, 6.07) is 13.3. The number of nitrogens with zero attached hydrogens (tertiary/aromatic N) is 1. The van der Waals surface area contributed by atoms with Crippen molar-refractivity contribution >= 4 is 11.9 Å². The Labute approximate surface area is 135 Å². The van der Waals surface area contributed by atoms with Crippen molar-refractivity contribution in [3.63, 3.8) is 0 Å². The minimum absolute atomic E-state index is 0.0324. The van der Waals surface area contributed by atoms with Crippen molar-refractivity contribution in [2.75, 3.05) is 7.11 Å². The highest BCUT2D eigenvalue weighted by atomic mass is 16.6. The number of esters is 2. The van der Waals surface area contributed by atoms with Gasteiger partial charge in [0.25, 0.3) is 0 Å². The molecule has 122 valence electrons. The zero-order chi connectivity index (χ0) is 17.0. The van der Waals surface area contributed by atoms with Crippen LogP contribution in [0, 0.1) is 0 Å². The van der Waals surface area contributed by atoms with Crippen LogP contribution in [0.15, 0.2) is 48.7 Å². The van der Waals surface area contributed by atoms with Crippen molar-refractivity contribution in [2.45, 2.75) is 32.4 Å². The Morgan fingerprint density at radius 1 is 1.09 bits per heavy atom. The van der Waals surface area contributed by atoms with Gasteiger partial charge in [0.05, 0.1) is 13.2 Å². The molecule has 0 saturated heterocycles. The molecule has 2 rings (SSSR count). The fourth-order valence-corrected chi connectivity index (χ4v) is 2.37. The third-order valence-corrected chi connectivity index (χ3v) is 3.71. The Bertz CT molecular complexity index is 688. The summed E-state index contributed by atoms with van der Waals surface area (Å²) < 4.78 is 11.8. The van der Waals surface area contributed by atoms with Gasteiger partial charge in [-0.1, -0.05) is 30.3 Å². The lowest BCUT2D eigenvalue weighted by molar-refractivity contribution is -0.159. The zero-order valence-corrected chi connectivity index (χ0v) is 13.8. The van der Waals surface area contributed by atoms with E-state index in [1.807, 2.05) is 48.0 Å². The molecule has 0 bridgehead atoms. The Kier molecular flexibility index (Phi) is 4.89. The molecule has 2 aromatic rings. The topological polar surface area (TPSA) is 57.5 Å². The van der Waals surface area contributed by atoms with E-state index in [1.165, 1.54) is 21.0 Å². The molecule has 0 saturated carbocycles. The number of rotatable bonds is 5. The van der Waals surface area contributed by atoms with Crippen LogP contribution in [-0.2, 0) is 14.3 Å². The second-order valence-electron chi connectivity index (χ2n) is 5.78. The number of carbonyl (C=O) groups excluding carboxylic acids is 2. The van der Waals surface area contributed by atoms with E-state index in [-0.39, 0.29) is 6.04 Å². The fourth-order valence-electron chi connectivity index (χ4n) is 2.37. The van der Waals surface area contributed by atoms with Gasteiger partial charge in [0.2, 0.25) is 5.60 Å². The first-order valence-electron chi connectivity index (χ1n) is 7.40. The van der Waals surface area contributed by atoms with Crippen LogP contribution in [0.4, 0.5) is 0 Å². The summed E-state index contributed by atoms with van der Waals surface area (Å²) in [5, 5.41) is 0. The standard InChI is InChI=1S/C18H21NO4/c1-13(14-9-6-5-7-10-14)19-12-8-11-15(19)16(20)23-18(2,3)17(21)22-4/h5-13H,1-4H3. The first-order chi connectivity index (χ1) is 10.9. The van der Waals surface area contributed by atoms with Crippen molar-refractivity contribution in [3.8, 4) is 0 Å². The Hall–Kier alpha value is -2.56. The molecule has 1 heterocycles. The minimum Gasteiger partial charge on any atom is -0.466 e. The van der Waals surface area contributed by atoms with Crippen molar-refractivity contribution < 1.29 is 19.1 Å². The summed E-state index contributed by atoms with van der Waals surface area (Å²) in [6.07, 6.45) is 1.82. The molecule has 1 aromatic heterocycles. The van der Waals surface area contributed by atoms with E-state index in [0.717, 1.165) is 5.56 Å². The van der Waals surface area contributed by atoms with Crippen LogP contribution in [0.5, 0.6) is 0 Å². The molecular weight excluding hydrogens is 294 g/mol. The number of aromatic nitrogens is 1.